The van der Waals surface area contributed by atoms with Crippen LogP contribution >= 0.6 is 0 Å². The van der Waals surface area contributed by atoms with Gasteiger partial charge in [0.05, 0.1) is 25.3 Å². The molecule has 8 heteroatoms. The maximum absolute atomic E-state index is 15.1. The van der Waals surface area contributed by atoms with Gasteiger partial charge in [0.2, 0.25) is 0 Å². The number of halogens is 1. The van der Waals surface area contributed by atoms with Crippen molar-refractivity contribution in [3.63, 3.8) is 0 Å². The van der Waals surface area contributed by atoms with Crippen molar-refractivity contribution in [3.05, 3.63) is 48.7 Å². The highest BCUT2D eigenvalue weighted by atomic mass is 19.1. The summed E-state index contributed by atoms with van der Waals surface area (Å²) in [5.41, 5.74) is 5.04. The minimum Gasteiger partial charge on any atom is -0.496 e. The van der Waals surface area contributed by atoms with Gasteiger partial charge >= 0.3 is 0 Å². The molecule has 0 N–H and O–H groups in total. The first-order chi connectivity index (χ1) is 15.5. The van der Waals surface area contributed by atoms with Gasteiger partial charge in [0.25, 0.3) is 0 Å². The van der Waals surface area contributed by atoms with Gasteiger partial charge in [-0.15, -0.1) is 5.10 Å². The summed E-state index contributed by atoms with van der Waals surface area (Å²) in [6, 6.07) is 9.04. The summed E-state index contributed by atoms with van der Waals surface area (Å²) in [7, 11) is 1.59. The fourth-order valence-electron chi connectivity index (χ4n) is 4.12. The van der Waals surface area contributed by atoms with Crippen LogP contribution in [0.5, 0.6) is 11.5 Å². The molecule has 2 aromatic heterocycles. The van der Waals surface area contributed by atoms with Gasteiger partial charge in [-0.3, -0.25) is 0 Å². The zero-order valence-corrected chi connectivity index (χ0v) is 18.5. The Morgan fingerprint density at radius 1 is 1.16 bits per heavy atom. The number of hydrogen-bond donors (Lipinski definition) is 0. The second kappa shape index (κ2) is 7.78. The molecular weight excluding hydrogens is 409 g/mol. The Hall–Kier alpha value is -3.68. The normalized spacial score (nSPS) is 13.0. The highest BCUT2D eigenvalue weighted by Crippen LogP contribution is 2.45. The first-order valence-electron chi connectivity index (χ1n) is 10.6. The molecule has 0 amide bonds. The third-order valence-electron chi connectivity index (χ3n) is 5.89. The monoisotopic (exact) mass is 433 g/mol. The third-order valence-corrected chi connectivity index (χ3v) is 5.89. The number of anilines is 1. The first-order valence-corrected chi connectivity index (χ1v) is 10.6. The van der Waals surface area contributed by atoms with Crippen molar-refractivity contribution in [1.29, 1.82) is 0 Å². The highest BCUT2D eigenvalue weighted by Gasteiger charge is 2.26. The van der Waals surface area contributed by atoms with E-state index in [2.05, 4.69) is 33.9 Å². The van der Waals surface area contributed by atoms with E-state index in [9.17, 15) is 0 Å². The lowest BCUT2D eigenvalue weighted by Gasteiger charge is -2.21. The maximum atomic E-state index is 15.1. The smallest absolute Gasteiger partial charge is 0.183 e. The number of hydrogen-bond acceptors (Lipinski definition) is 6. The molecule has 0 atom stereocenters. The first kappa shape index (κ1) is 20.2. The summed E-state index contributed by atoms with van der Waals surface area (Å²) in [5.74, 6) is 0.959. The lowest BCUT2D eigenvalue weighted by molar-refractivity contribution is 0.339. The minimum absolute atomic E-state index is 0.274. The fraction of sp³-hybridized carbons (Fsp3) is 0.292. The molecule has 5 rings (SSSR count). The van der Waals surface area contributed by atoms with Crippen LogP contribution in [0.1, 0.15) is 20.8 Å². The van der Waals surface area contributed by atoms with E-state index in [1.54, 1.807) is 31.8 Å². The Kier molecular flexibility index (Phi) is 4.92. The summed E-state index contributed by atoms with van der Waals surface area (Å²) >= 11 is 0. The number of aryl methyl sites for hydroxylation is 1. The number of aromatic nitrogens is 4. The molecule has 1 aliphatic rings. The largest absolute Gasteiger partial charge is 0.496 e. The number of imidazole rings is 1. The molecule has 0 unspecified atom stereocenters. The van der Waals surface area contributed by atoms with E-state index in [0.29, 0.717) is 35.0 Å². The lowest BCUT2D eigenvalue weighted by Crippen LogP contribution is -2.29. The van der Waals surface area contributed by atoms with Gasteiger partial charge in [-0.05, 0) is 44.5 Å². The molecule has 0 aliphatic carbocycles. The predicted octanol–water partition coefficient (Wildman–Crippen LogP) is 4.89. The van der Waals surface area contributed by atoms with Gasteiger partial charge < -0.3 is 18.9 Å². The van der Waals surface area contributed by atoms with Crippen molar-refractivity contribution in [2.75, 3.05) is 18.7 Å². The molecule has 0 saturated heterocycles. The average Bonchev–Trinajstić information content (AvgIpc) is 3.42. The van der Waals surface area contributed by atoms with Crippen molar-refractivity contribution in [3.8, 4) is 33.8 Å². The van der Waals surface area contributed by atoms with Crippen LogP contribution < -0.4 is 14.4 Å². The van der Waals surface area contributed by atoms with E-state index < -0.39 is 0 Å². The molecule has 0 bridgehead atoms. The maximum Gasteiger partial charge on any atom is 0.183 e. The number of ether oxygens (including phenoxy) is 2. The van der Waals surface area contributed by atoms with Crippen LogP contribution in [0.4, 0.5) is 10.1 Å². The van der Waals surface area contributed by atoms with E-state index >= 15 is 4.39 Å². The van der Waals surface area contributed by atoms with Gasteiger partial charge in [0.1, 0.15) is 22.8 Å². The van der Waals surface area contributed by atoms with Gasteiger partial charge in [-0.2, -0.15) is 5.10 Å². The molecule has 164 valence electrons. The zero-order valence-electron chi connectivity index (χ0n) is 18.5. The summed E-state index contributed by atoms with van der Waals surface area (Å²) in [4.78, 5) is 6.65. The standard InChI is InChI=1S/C24H24FN5O2/c1-5-29-12-26-23-18(11-27-28-24(23)29)15-6-7-19(25)16(8-15)17-9-22-20(10-21(17)31-4)30(13-32-22)14(2)3/h6-12,14H,5,13H2,1-4H3. The molecule has 32 heavy (non-hydrogen) atoms. The van der Waals surface area contributed by atoms with Crippen LogP contribution in [0.2, 0.25) is 0 Å². The average molecular weight is 433 g/mol. The van der Waals surface area contributed by atoms with Crippen LogP contribution in [0.3, 0.4) is 0 Å². The Balaban J connectivity index is 1.66. The molecule has 0 saturated carbocycles. The third kappa shape index (κ3) is 3.14. The molecule has 7 nitrogen and oxygen atoms in total. The van der Waals surface area contributed by atoms with Crippen LogP contribution in [0.15, 0.2) is 42.9 Å². The molecular formula is C24H24FN5O2. The van der Waals surface area contributed by atoms with E-state index in [1.807, 2.05) is 23.6 Å². The molecule has 1 aliphatic heterocycles. The van der Waals surface area contributed by atoms with E-state index in [0.717, 1.165) is 28.9 Å². The van der Waals surface area contributed by atoms with Crippen LogP contribution in [0.25, 0.3) is 33.4 Å². The SMILES string of the molecule is CCn1cnc2c(-c3ccc(F)c(-c4cc5c(cc4OC)N(C(C)C)CO5)c3)cnnc21. The van der Waals surface area contributed by atoms with Crippen molar-refractivity contribution >= 4 is 16.9 Å². The zero-order chi connectivity index (χ0) is 22.4. The number of rotatable bonds is 5. The molecule has 3 heterocycles. The number of fused-ring (bicyclic) bond motifs is 2. The van der Waals surface area contributed by atoms with Crippen LogP contribution in [0, 0.1) is 5.82 Å². The summed E-state index contributed by atoms with van der Waals surface area (Å²) in [6.07, 6.45) is 3.41. The molecule has 0 spiro atoms. The molecule has 0 radical (unpaired) electrons. The number of methoxy groups -OCH3 is 1. The Morgan fingerprint density at radius 3 is 2.75 bits per heavy atom. The van der Waals surface area contributed by atoms with E-state index in [-0.39, 0.29) is 11.9 Å². The Bertz CT molecular complexity index is 1320. The summed E-state index contributed by atoms with van der Waals surface area (Å²) in [6.45, 7) is 7.43. The van der Waals surface area contributed by atoms with Crippen molar-refractivity contribution < 1.29 is 13.9 Å². The quantitative estimate of drug-likeness (QED) is 0.446. The van der Waals surface area contributed by atoms with Crippen molar-refractivity contribution in [2.45, 2.75) is 33.4 Å². The fourth-order valence-corrected chi connectivity index (χ4v) is 4.12. The predicted molar refractivity (Wildman–Crippen MR) is 121 cm³/mol. The Morgan fingerprint density at radius 2 is 2.00 bits per heavy atom. The molecule has 0 fully saturated rings. The van der Waals surface area contributed by atoms with Gasteiger partial charge in [-0.25, -0.2) is 9.37 Å². The molecule has 4 aromatic rings. The molecule has 2 aromatic carbocycles. The topological polar surface area (TPSA) is 65.3 Å². The van der Waals surface area contributed by atoms with Crippen molar-refractivity contribution in [1.82, 2.24) is 19.7 Å². The second-order valence-corrected chi connectivity index (χ2v) is 8.01. The number of nitrogens with zero attached hydrogens (tertiary/aromatic N) is 5. The van der Waals surface area contributed by atoms with Gasteiger partial charge in [-0.1, -0.05) is 6.07 Å². The summed E-state index contributed by atoms with van der Waals surface area (Å²) < 4.78 is 28.5. The van der Waals surface area contributed by atoms with Crippen LogP contribution in [-0.2, 0) is 6.54 Å². The highest BCUT2D eigenvalue weighted by molar-refractivity contribution is 5.91. The van der Waals surface area contributed by atoms with Gasteiger partial charge in [0.15, 0.2) is 12.4 Å². The van der Waals surface area contributed by atoms with E-state index in [1.165, 1.54) is 6.07 Å². The number of benzene rings is 2. The minimum atomic E-state index is -0.344. The Labute approximate surface area is 185 Å². The van der Waals surface area contributed by atoms with Crippen LogP contribution in [-0.4, -0.2) is 39.6 Å². The lowest BCUT2D eigenvalue weighted by atomic mass is 9.97. The van der Waals surface area contributed by atoms with Gasteiger partial charge in [0, 0.05) is 35.3 Å². The van der Waals surface area contributed by atoms with Crippen molar-refractivity contribution in [2.24, 2.45) is 0 Å². The van der Waals surface area contributed by atoms with E-state index in [4.69, 9.17) is 9.47 Å². The second-order valence-electron chi connectivity index (χ2n) is 8.01. The summed E-state index contributed by atoms with van der Waals surface area (Å²) in [5, 5.41) is 8.37.